The van der Waals surface area contributed by atoms with Crippen molar-refractivity contribution in [3.63, 3.8) is 0 Å². The number of ether oxygens (including phenoxy) is 1. The second kappa shape index (κ2) is 8.97. The number of anilines is 3. The Morgan fingerprint density at radius 2 is 1.64 bits per heavy atom. The van der Waals surface area contributed by atoms with Gasteiger partial charge in [-0.3, -0.25) is 24.5 Å². The largest absolute Gasteiger partial charge is 0.497 e. The first kappa shape index (κ1) is 23.3. The van der Waals surface area contributed by atoms with Gasteiger partial charge in [-0.25, -0.2) is 9.96 Å². The number of hydroxylamine groups is 1. The maximum absolute atomic E-state index is 13.7. The van der Waals surface area contributed by atoms with Gasteiger partial charge in [0.2, 0.25) is 5.91 Å². The van der Waals surface area contributed by atoms with Crippen LogP contribution < -0.4 is 19.6 Å². The fourth-order valence-corrected chi connectivity index (χ4v) is 4.68. The van der Waals surface area contributed by atoms with E-state index in [4.69, 9.17) is 9.57 Å². The van der Waals surface area contributed by atoms with Crippen LogP contribution in [0, 0.1) is 16.0 Å². The van der Waals surface area contributed by atoms with Crippen LogP contribution in [0.25, 0.3) is 0 Å². The predicted molar refractivity (Wildman–Crippen MR) is 133 cm³/mol. The highest BCUT2D eigenvalue weighted by atomic mass is 16.7. The van der Waals surface area contributed by atoms with E-state index in [-0.39, 0.29) is 5.69 Å². The molecule has 2 amide bonds. The van der Waals surface area contributed by atoms with Crippen LogP contribution in [0.3, 0.4) is 0 Å². The maximum Gasteiger partial charge on any atom is 0.271 e. The van der Waals surface area contributed by atoms with Crippen LogP contribution >= 0.6 is 0 Å². The van der Waals surface area contributed by atoms with E-state index in [0.717, 1.165) is 16.2 Å². The summed E-state index contributed by atoms with van der Waals surface area (Å²) in [5, 5.41) is 12.8. The highest BCUT2D eigenvalue weighted by molar-refractivity contribution is 6.23. The summed E-state index contributed by atoms with van der Waals surface area (Å²) >= 11 is 0. The van der Waals surface area contributed by atoms with Gasteiger partial charge in [-0.05, 0) is 48.0 Å². The molecule has 0 bridgehead atoms. The number of carbonyl (C=O) groups is 2. The number of nitro groups is 1. The van der Waals surface area contributed by atoms with Crippen LogP contribution in [0.1, 0.15) is 11.6 Å². The molecule has 2 fully saturated rings. The molecule has 0 aliphatic carbocycles. The molecule has 10 heteroatoms. The number of fused-ring (bicyclic) bond motifs is 1. The van der Waals surface area contributed by atoms with E-state index in [0.29, 0.717) is 17.1 Å². The molecule has 0 aromatic heterocycles. The first-order valence-corrected chi connectivity index (χ1v) is 11.3. The van der Waals surface area contributed by atoms with Gasteiger partial charge in [-0.1, -0.05) is 18.2 Å². The molecule has 0 N–H and O–H groups in total. The molecule has 2 aliphatic rings. The monoisotopic (exact) mass is 488 g/mol. The molecule has 0 unspecified atom stereocenters. The molecule has 0 spiro atoms. The lowest BCUT2D eigenvalue weighted by Gasteiger charge is -2.29. The van der Waals surface area contributed by atoms with Crippen LogP contribution in [0.2, 0.25) is 0 Å². The summed E-state index contributed by atoms with van der Waals surface area (Å²) < 4.78 is 5.18. The molecule has 3 aromatic carbocycles. The second-order valence-electron chi connectivity index (χ2n) is 8.80. The summed E-state index contributed by atoms with van der Waals surface area (Å²) in [6, 6.07) is 19.5. The third-order valence-corrected chi connectivity index (χ3v) is 6.49. The van der Waals surface area contributed by atoms with Gasteiger partial charge in [0.25, 0.3) is 11.6 Å². The first-order chi connectivity index (χ1) is 17.3. The molecule has 3 atom stereocenters. The van der Waals surface area contributed by atoms with Crippen molar-refractivity contribution in [1.82, 2.24) is 0 Å². The molecule has 0 saturated carbocycles. The molecule has 2 heterocycles. The zero-order valence-corrected chi connectivity index (χ0v) is 19.9. The van der Waals surface area contributed by atoms with Gasteiger partial charge in [0, 0.05) is 31.9 Å². The van der Waals surface area contributed by atoms with Crippen LogP contribution in [0.5, 0.6) is 5.75 Å². The lowest BCUT2D eigenvalue weighted by Crippen LogP contribution is -2.37. The third kappa shape index (κ3) is 3.81. The van der Waals surface area contributed by atoms with Gasteiger partial charge in [0.15, 0.2) is 6.10 Å². The molecule has 5 rings (SSSR count). The van der Waals surface area contributed by atoms with Crippen molar-refractivity contribution < 1.29 is 24.1 Å². The average Bonchev–Trinajstić information content (AvgIpc) is 3.40. The summed E-state index contributed by atoms with van der Waals surface area (Å²) in [7, 11) is 5.38. The Morgan fingerprint density at radius 3 is 2.25 bits per heavy atom. The number of carbonyl (C=O) groups excluding carboxylic acids is 2. The number of nitro benzene ring substituents is 1. The van der Waals surface area contributed by atoms with Crippen molar-refractivity contribution in [2.24, 2.45) is 5.92 Å². The van der Waals surface area contributed by atoms with Crippen molar-refractivity contribution in [1.29, 1.82) is 0 Å². The fraction of sp³-hybridized carbons (Fsp3) is 0.231. The topological polar surface area (TPSA) is 105 Å². The summed E-state index contributed by atoms with van der Waals surface area (Å²) in [6.07, 6.45) is -1.07. The normalized spacial score (nSPS) is 21.0. The van der Waals surface area contributed by atoms with Crippen molar-refractivity contribution in [3.8, 4) is 5.75 Å². The minimum atomic E-state index is -1.07. The molecule has 36 heavy (non-hydrogen) atoms. The summed E-state index contributed by atoms with van der Waals surface area (Å²) in [5.41, 5.74) is 2.40. The molecule has 10 nitrogen and oxygen atoms in total. The number of hydrogen-bond acceptors (Lipinski definition) is 8. The van der Waals surface area contributed by atoms with E-state index in [1.807, 2.05) is 43.3 Å². The average molecular weight is 489 g/mol. The van der Waals surface area contributed by atoms with Crippen molar-refractivity contribution in [2.75, 3.05) is 36.1 Å². The second-order valence-corrected chi connectivity index (χ2v) is 8.80. The van der Waals surface area contributed by atoms with Crippen LogP contribution in [0.4, 0.5) is 22.7 Å². The summed E-state index contributed by atoms with van der Waals surface area (Å²) in [6.45, 7) is 0. The number of non-ortho nitro benzene ring substituents is 1. The Kier molecular flexibility index (Phi) is 5.81. The van der Waals surface area contributed by atoms with E-state index in [2.05, 4.69) is 0 Å². The van der Waals surface area contributed by atoms with Gasteiger partial charge in [0.05, 0.1) is 29.4 Å². The minimum Gasteiger partial charge on any atom is -0.497 e. The number of imide groups is 1. The molecular formula is C26H24N4O6. The molecule has 0 radical (unpaired) electrons. The van der Waals surface area contributed by atoms with E-state index in [9.17, 15) is 19.7 Å². The summed E-state index contributed by atoms with van der Waals surface area (Å²) in [4.78, 5) is 47.2. The fourth-order valence-electron chi connectivity index (χ4n) is 4.68. The Morgan fingerprint density at radius 1 is 0.944 bits per heavy atom. The number of benzene rings is 3. The number of amides is 2. The Labute approximate surface area is 207 Å². The number of methoxy groups -OCH3 is 1. The van der Waals surface area contributed by atoms with Gasteiger partial charge in [-0.15, -0.1) is 0 Å². The zero-order chi connectivity index (χ0) is 25.6. The third-order valence-electron chi connectivity index (χ3n) is 6.49. The molecule has 2 saturated heterocycles. The van der Waals surface area contributed by atoms with Crippen LogP contribution in [-0.4, -0.2) is 44.0 Å². The molecule has 3 aromatic rings. The Hall–Kier alpha value is -4.44. The van der Waals surface area contributed by atoms with E-state index in [1.165, 1.54) is 24.3 Å². The molecule has 2 aliphatic heterocycles. The van der Waals surface area contributed by atoms with E-state index in [1.54, 1.807) is 36.4 Å². The van der Waals surface area contributed by atoms with Gasteiger partial charge in [0.1, 0.15) is 11.7 Å². The van der Waals surface area contributed by atoms with Gasteiger partial charge in [-0.2, -0.15) is 0 Å². The zero-order valence-electron chi connectivity index (χ0n) is 19.9. The lowest BCUT2D eigenvalue weighted by molar-refractivity contribution is -0.384. The highest BCUT2D eigenvalue weighted by Gasteiger charge is 2.60. The number of nitrogens with zero attached hydrogens (tertiary/aromatic N) is 4. The van der Waals surface area contributed by atoms with Gasteiger partial charge >= 0.3 is 0 Å². The molecule has 184 valence electrons. The Balaban J connectivity index is 1.57. The molecular weight excluding hydrogens is 464 g/mol. The lowest BCUT2D eigenvalue weighted by atomic mass is 9.90. The highest BCUT2D eigenvalue weighted by Crippen LogP contribution is 2.48. The number of rotatable bonds is 6. The minimum absolute atomic E-state index is 0.118. The first-order valence-electron chi connectivity index (χ1n) is 11.3. The van der Waals surface area contributed by atoms with E-state index >= 15 is 0 Å². The van der Waals surface area contributed by atoms with Crippen LogP contribution in [-0.2, 0) is 14.4 Å². The standard InChI is InChI=1S/C26H24N4O6/c1-27(2)17-9-7-16(8-10-17)23-22-24(36-29(23)19-5-4-6-20(15-19)30(33)34)26(32)28(25(22)31)18-11-13-21(35-3)14-12-18/h4-15,22-24H,1-3H3/t22-,23+,24-/m0/s1. The SMILES string of the molecule is COc1ccc(N2C(=O)[C@@H]3[C@H](ON(c4cccc([N+](=O)[O-])c4)[C@@H]3c3ccc(N(C)C)cc3)C2=O)cc1. The Bertz CT molecular complexity index is 1330. The predicted octanol–water partition coefficient (Wildman–Crippen LogP) is 3.72. The van der Waals surface area contributed by atoms with Crippen LogP contribution in [0.15, 0.2) is 72.8 Å². The number of hydrogen-bond donors (Lipinski definition) is 0. The quantitative estimate of drug-likeness (QED) is 0.294. The smallest absolute Gasteiger partial charge is 0.271 e. The van der Waals surface area contributed by atoms with Crippen molar-refractivity contribution in [3.05, 3.63) is 88.5 Å². The van der Waals surface area contributed by atoms with E-state index < -0.39 is 34.8 Å². The maximum atomic E-state index is 13.7. The van der Waals surface area contributed by atoms with Crippen molar-refractivity contribution >= 4 is 34.6 Å². The summed E-state index contributed by atoms with van der Waals surface area (Å²) in [5.74, 6) is -1.13. The van der Waals surface area contributed by atoms with Crippen molar-refractivity contribution in [2.45, 2.75) is 12.1 Å². The van der Waals surface area contributed by atoms with Gasteiger partial charge < -0.3 is 9.64 Å².